The number of anilines is 1. The number of rotatable bonds is 7. The average molecular weight is 475 g/mol. The number of ether oxygens (including phenoxy) is 1. The lowest BCUT2D eigenvalue weighted by atomic mass is 10.1. The van der Waals surface area contributed by atoms with Gasteiger partial charge in [-0.25, -0.2) is 4.98 Å². The maximum absolute atomic E-state index is 12.8. The summed E-state index contributed by atoms with van der Waals surface area (Å²) in [5.74, 6) is 0.923. The average Bonchev–Trinajstić information content (AvgIpc) is 3.38. The lowest BCUT2D eigenvalue weighted by molar-refractivity contribution is 0.102. The highest BCUT2D eigenvalue weighted by molar-refractivity contribution is 7.15. The second kappa shape index (κ2) is 9.47. The van der Waals surface area contributed by atoms with E-state index in [9.17, 15) is 4.79 Å². The van der Waals surface area contributed by atoms with Crippen molar-refractivity contribution in [3.8, 4) is 5.75 Å². The van der Waals surface area contributed by atoms with Crippen molar-refractivity contribution in [1.82, 2.24) is 15.1 Å². The molecule has 4 aromatic rings. The molecule has 0 aliphatic rings. The van der Waals surface area contributed by atoms with E-state index in [-0.39, 0.29) is 12.5 Å². The van der Waals surface area contributed by atoms with Crippen molar-refractivity contribution in [3.05, 3.63) is 86.4 Å². The van der Waals surface area contributed by atoms with Gasteiger partial charge in [0.25, 0.3) is 5.91 Å². The topological polar surface area (TPSA) is 90.1 Å². The van der Waals surface area contributed by atoms with Gasteiger partial charge in [0.05, 0.1) is 5.56 Å². The summed E-state index contributed by atoms with van der Waals surface area (Å²) in [4.78, 5) is 22.1. The number of aromatic nitrogens is 3. The first-order chi connectivity index (χ1) is 15.0. The van der Waals surface area contributed by atoms with Crippen molar-refractivity contribution in [3.63, 3.8) is 0 Å². The summed E-state index contributed by atoms with van der Waals surface area (Å²) in [5, 5.41) is 8.32. The highest BCUT2D eigenvalue weighted by Crippen LogP contribution is 2.28. The van der Waals surface area contributed by atoms with Crippen molar-refractivity contribution >= 4 is 45.6 Å². The first-order valence-corrected chi connectivity index (χ1v) is 10.8. The van der Waals surface area contributed by atoms with Crippen LogP contribution in [0.1, 0.15) is 32.5 Å². The quantitative estimate of drug-likeness (QED) is 0.376. The molecule has 0 fully saturated rings. The van der Waals surface area contributed by atoms with Crippen LogP contribution < -0.4 is 10.1 Å². The van der Waals surface area contributed by atoms with Crippen LogP contribution in [0, 0.1) is 6.92 Å². The van der Waals surface area contributed by atoms with Crippen molar-refractivity contribution < 1.29 is 14.1 Å². The molecule has 31 heavy (non-hydrogen) atoms. The Hall–Kier alpha value is -2.94. The number of aryl methyl sites for hydroxylation is 1. The van der Waals surface area contributed by atoms with Crippen molar-refractivity contribution in [1.29, 1.82) is 0 Å². The van der Waals surface area contributed by atoms with E-state index in [1.165, 1.54) is 11.3 Å². The number of nitrogens with one attached hydrogen (secondary N) is 1. The summed E-state index contributed by atoms with van der Waals surface area (Å²) in [6.07, 6.45) is 2.27. The normalized spacial score (nSPS) is 10.8. The number of hydrogen-bond acceptors (Lipinski definition) is 7. The Morgan fingerprint density at radius 3 is 2.87 bits per heavy atom. The lowest BCUT2D eigenvalue weighted by Crippen LogP contribution is -2.13. The van der Waals surface area contributed by atoms with E-state index in [4.69, 9.17) is 32.5 Å². The minimum Gasteiger partial charge on any atom is -0.485 e. The maximum atomic E-state index is 12.8. The van der Waals surface area contributed by atoms with Gasteiger partial charge in [-0.05, 0) is 35.9 Å². The van der Waals surface area contributed by atoms with E-state index in [0.717, 1.165) is 10.4 Å². The summed E-state index contributed by atoms with van der Waals surface area (Å²) >= 11 is 13.7. The molecule has 10 heteroatoms. The molecule has 0 atom stereocenters. The van der Waals surface area contributed by atoms with Crippen molar-refractivity contribution in [2.24, 2.45) is 0 Å². The Kier molecular flexibility index (Phi) is 6.50. The molecule has 0 aliphatic carbocycles. The molecular weight excluding hydrogens is 459 g/mol. The lowest BCUT2D eigenvalue weighted by Gasteiger charge is -2.09. The molecule has 0 aliphatic heterocycles. The van der Waals surface area contributed by atoms with Crippen LogP contribution in [0.4, 0.5) is 5.13 Å². The second-order valence-electron chi connectivity index (χ2n) is 6.51. The van der Waals surface area contributed by atoms with Crippen LogP contribution in [0.2, 0.25) is 10.0 Å². The van der Waals surface area contributed by atoms with E-state index in [1.807, 2.05) is 6.07 Å². The van der Waals surface area contributed by atoms with Crippen LogP contribution in [0.15, 0.2) is 53.2 Å². The third kappa shape index (κ3) is 5.41. The molecule has 0 bridgehead atoms. The summed E-state index contributed by atoms with van der Waals surface area (Å²) < 4.78 is 10.6. The number of thiazole rings is 1. The highest BCUT2D eigenvalue weighted by Gasteiger charge is 2.15. The van der Waals surface area contributed by atoms with Crippen LogP contribution in [0.3, 0.4) is 0 Å². The van der Waals surface area contributed by atoms with Crippen LogP contribution >= 0.6 is 34.5 Å². The Morgan fingerprint density at radius 2 is 2.06 bits per heavy atom. The van der Waals surface area contributed by atoms with Gasteiger partial charge >= 0.3 is 0 Å². The third-order valence-corrected chi connectivity index (χ3v) is 5.72. The molecule has 7 nitrogen and oxygen atoms in total. The van der Waals surface area contributed by atoms with Gasteiger partial charge < -0.3 is 9.26 Å². The van der Waals surface area contributed by atoms with E-state index in [0.29, 0.717) is 44.6 Å². The summed E-state index contributed by atoms with van der Waals surface area (Å²) in [6.45, 7) is 1.78. The predicted octanol–water partition coefficient (Wildman–Crippen LogP) is 5.56. The molecule has 4 rings (SSSR count). The molecule has 0 saturated heterocycles. The smallest absolute Gasteiger partial charge is 0.261 e. The first kappa shape index (κ1) is 21.3. The molecule has 2 heterocycles. The molecule has 0 spiro atoms. The number of halogens is 2. The molecule has 1 N–H and O–H groups in total. The number of carbonyl (C=O) groups is 1. The SMILES string of the molecule is Cc1nc(COc2ccccc2C(=O)Nc2ncc(Cc3cc(Cl)ccc3Cl)s2)no1. The van der Waals surface area contributed by atoms with Crippen LogP contribution in [0.25, 0.3) is 0 Å². The van der Waals surface area contributed by atoms with E-state index in [1.54, 1.807) is 49.5 Å². The first-order valence-electron chi connectivity index (χ1n) is 9.19. The van der Waals surface area contributed by atoms with Gasteiger partial charge in [-0.15, -0.1) is 11.3 Å². The van der Waals surface area contributed by atoms with Gasteiger partial charge in [0.15, 0.2) is 11.7 Å². The number of carbonyl (C=O) groups excluding carboxylic acids is 1. The fourth-order valence-electron chi connectivity index (χ4n) is 2.80. The van der Waals surface area contributed by atoms with Crippen molar-refractivity contribution in [2.75, 3.05) is 5.32 Å². The summed E-state index contributed by atoms with van der Waals surface area (Å²) in [5.41, 5.74) is 1.27. The number of benzene rings is 2. The molecule has 2 aromatic carbocycles. The highest BCUT2D eigenvalue weighted by atomic mass is 35.5. The molecule has 158 valence electrons. The van der Waals surface area contributed by atoms with Gasteiger partial charge in [-0.1, -0.05) is 40.5 Å². The molecular formula is C21H16Cl2N4O3S. The van der Waals surface area contributed by atoms with Crippen LogP contribution in [0.5, 0.6) is 5.75 Å². The second-order valence-corrected chi connectivity index (χ2v) is 8.47. The molecule has 1 amide bonds. The van der Waals surface area contributed by atoms with Gasteiger partial charge in [0, 0.05) is 34.5 Å². The van der Waals surface area contributed by atoms with Gasteiger partial charge in [0.1, 0.15) is 5.75 Å². The minimum atomic E-state index is -0.332. The Morgan fingerprint density at radius 1 is 1.23 bits per heavy atom. The third-order valence-electron chi connectivity index (χ3n) is 4.20. The van der Waals surface area contributed by atoms with Gasteiger partial charge in [0.2, 0.25) is 11.7 Å². The zero-order valence-corrected chi connectivity index (χ0v) is 18.6. The number of amides is 1. The zero-order chi connectivity index (χ0) is 21.8. The van der Waals surface area contributed by atoms with Crippen LogP contribution in [-0.4, -0.2) is 21.0 Å². The molecule has 0 radical (unpaired) electrons. The van der Waals surface area contributed by atoms with E-state index < -0.39 is 0 Å². The molecule has 2 aromatic heterocycles. The predicted molar refractivity (Wildman–Crippen MR) is 119 cm³/mol. The maximum Gasteiger partial charge on any atom is 0.261 e. The fraction of sp³-hybridized carbons (Fsp3) is 0.143. The fourth-order valence-corrected chi connectivity index (χ4v) is 4.01. The molecule has 0 unspecified atom stereocenters. The van der Waals surface area contributed by atoms with Gasteiger partial charge in [-0.2, -0.15) is 4.98 Å². The Bertz CT molecular complexity index is 1220. The van der Waals surface area contributed by atoms with Crippen molar-refractivity contribution in [2.45, 2.75) is 20.0 Å². The number of para-hydroxylation sites is 1. The zero-order valence-electron chi connectivity index (χ0n) is 16.3. The standard InChI is InChI=1S/C21H16Cl2N4O3S/c1-12-25-19(27-30-12)11-29-18-5-3-2-4-16(18)20(28)26-21-24-10-15(31-21)9-13-8-14(22)6-7-17(13)23/h2-8,10H,9,11H2,1H3,(H,24,26,28). The summed E-state index contributed by atoms with van der Waals surface area (Å²) in [6, 6.07) is 12.2. The Balaban J connectivity index is 1.43. The Labute approximate surface area is 192 Å². The summed E-state index contributed by atoms with van der Waals surface area (Å²) in [7, 11) is 0. The molecule has 0 saturated carbocycles. The number of nitrogens with zero attached hydrogens (tertiary/aromatic N) is 3. The van der Waals surface area contributed by atoms with Gasteiger partial charge in [-0.3, -0.25) is 10.1 Å². The van der Waals surface area contributed by atoms with E-state index in [2.05, 4.69) is 20.4 Å². The van der Waals surface area contributed by atoms with Crippen LogP contribution in [-0.2, 0) is 13.0 Å². The monoisotopic (exact) mass is 474 g/mol. The van der Waals surface area contributed by atoms with E-state index >= 15 is 0 Å². The number of hydrogen-bond donors (Lipinski definition) is 1. The largest absolute Gasteiger partial charge is 0.485 e. The minimum absolute atomic E-state index is 0.0867.